The van der Waals surface area contributed by atoms with E-state index in [0.29, 0.717) is 46.9 Å². The molecule has 4 N–H and O–H groups in total. The van der Waals surface area contributed by atoms with Crippen molar-refractivity contribution < 1.29 is 26.8 Å². The molecule has 8 nitrogen and oxygen atoms in total. The summed E-state index contributed by atoms with van der Waals surface area (Å²) in [6, 6.07) is 9.05. The minimum absolute atomic E-state index is 0.226. The summed E-state index contributed by atoms with van der Waals surface area (Å²) < 4.78 is 58.0. The number of carbonyl (C=O) groups is 1. The molecule has 0 radical (unpaired) electrons. The Morgan fingerprint density at radius 3 is 2.47 bits per heavy atom. The van der Waals surface area contributed by atoms with Crippen molar-refractivity contribution in [1.82, 2.24) is 0 Å². The van der Waals surface area contributed by atoms with Crippen LogP contribution in [0.15, 0.2) is 52.9 Å². The van der Waals surface area contributed by atoms with E-state index in [1.165, 1.54) is 0 Å². The molecule has 2 heterocycles. The van der Waals surface area contributed by atoms with Crippen LogP contribution in [0.25, 0.3) is 0 Å². The van der Waals surface area contributed by atoms with Gasteiger partial charge in [-0.15, -0.1) is 0 Å². The number of alkyl halides is 3. The van der Waals surface area contributed by atoms with Crippen LogP contribution in [-0.4, -0.2) is 32.6 Å². The van der Waals surface area contributed by atoms with Gasteiger partial charge >= 0.3 is 12.2 Å². The summed E-state index contributed by atoms with van der Waals surface area (Å²) in [4.78, 5) is 15.7. The zero-order valence-electron chi connectivity index (χ0n) is 18.0. The Bertz CT molecular complexity index is 1240. The van der Waals surface area contributed by atoms with Gasteiger partial charge in [0.15, 0.2) is 5.88 Å². The topological polar surface area (TPSA) is 96.6 Å². The van der Waals surface area contributed by atoms with Gasteiger partial charge < -0.3 is 30.2 Å². The number of nitrogens with one attached hydrogen (secondary N) is 4. The van der Waals surface area contributed by atoms with Crippen molar-refractivity contribution in [3.05, 3.63) is 65.5 Å². The van der Waals surface area contributed by atoms with Crippen molar-refractivity contribution >= 4 is 40.7 Å². The quantitative estimate of drug-likeness (QED) is 0.380. The van der Waals surface area contributed by atoms with Gasteiger partial charge in [0.1, 0.15) is 11.7 Å². The van der Waals surface area contributed by atoms with Crippen molar-refractivity contribution in [3.8, 4) is 0 Å². The van der Waals surface area contributed by atoms with E-state index < -0.39 is 29.3 Å². The number of carbonyl (C=O) groups excluding carboxylic acids is 1. The number of rotatable bonds is 4. The first-order valence-electron chi connectivity index (χ1n) is 9.99. The Hall–Kier alpha value is -4.22. The fourth-order valence-electron chi connectivity index (χ4n) is 3.31. The van der Waals surface area contributed by atoms with Gasteiger partial charge in [-0.3, -0.25) is 5.41 Å². The lowest BCUT2D eigenvalue weighted by atomic mass is 10.2. The number of halogens is 4. The van der Waals surface area contributed by atoms with E-state index in [1.54, 1.807) is 40.1 Å². The van der Waals surface area contributed by atoms with Gasteiger partial charge in [0.25, 0.3) is 0 Å². The average Bonchev–Trinajstić information content (AvgIpc) is 3.21. The van der Waals surface area contributed by atoms with E-state index in [0.717, 1.165) is 0 Å². The van der Waals surface area contributed by atoms with Crippen LogP contribution in [0.1, 0.15) is 11.1 Å². The molecule has 2 aromatic carbocycles. The number of amidine groups is 1. The van der Waals surface area contributed by atoms with E-state index in [4.69, 9.17) is 9.83 Å². The molecule has 0 spiro atoms. The first-order valence-corrected chi connectivity index (χ1v) is 9.99. The van der Waals surface area contributed by atoms with Gasteiger partial charge in [0.05, 0.1) is 23.5 Å². The fraction of sp³-hybridized carbons (Fsp3) is 0.182. The number of hydrogen-bond donors (Lipinski definition) is 4. The maximum absolute atomic E-state index is 13.9. The zero-order valence-corrected chi connectivity index (χ0v) is 18.0. The van der Waals surface area contributed by atoms with Crippen LogP contribution >= 0.6 is 0 Å². The SMILES string of the molecule is CN(C)c1cc2c(o1)NCN(c1ccc(NC(=O)Nc3cc(C(F)(F)F)ccc3F)cc1)C2=N. The first-order chi connectivity index (χ1) is 16.0. The predicted molar refractivity (Wildman–Crippen MR) is 121 cm³/mol. The predicted octanol–water partition coefficient (Wildman–Crippen LogP) is 5.36. The van der Waals surface area contributed by atoms with Gasteiger partial charge in [-0.25, -0.2) is 9.18 Å². The zero-order chi connectivity index (χ0) is 24.6. The Balaban J connectivity index is 1.43. The second-order valence-corrected chi connectivity index (χ2v) is 7.65. The highest BCUT2D eigenvalue weighted by Gasteiger charge is 2.31. The van der Waals surface area contributed by atoms with E-state index >= 15 is 0 Å². The maximum Gasteiger partial charge on any atom is 0.416 e. The van der Waals surface area contributed by atoms with E-state index in [1.807, 2.05) is 14.1 Å². The van der Waals surface area contributed by atoms with Crippen LogP contribution in [0.4, 0.5) is 51.2 Å². The van der Waals surface area contributed by atoms with Crippen LogP contribution in [0.3, 0.4) is 0 Å². The molecule has 1 aliphatic heterocycles. The summed E-state index contributed by atoms with van der Waals surface area (Å²) in [5.74, 6) is 0.336. The van der Waals surface area contributed by atoms with Crippen LogP contribution in [0, 0.1) is 11.2 Å². The molecule has 0 saturated carbocycles. The Kier molecular flexibility index (Phi) is 5.82. The molecule has 0 aliphatic carbocycles. The largest absolute Gasteiger partial charge is 0.424 e. The number of furan rings is 1. The molecule has 0 saturated heterocycles. The van der Waals surface area contributed by atoms with Gasteiger partial charge in [-0.1, -0.05) is 0 Å². The molecule has 3 aromatic rings. The molecule has 2 amide bonds. The minimum Gasteiger partial charge on any atom is -0.424 e. The molecule has 178 valence electrons. The summed E-state index contributed by atoms with van der Waals surface area (Å²) in [7, 11) is 3.66. The second-order valence-electron chi connectivity index (χ2n) is 7.65. The second kappa shape index (κ2) is 8.61. The van der Waals surface area contributed by atoms with Gasteiger partial charge in [0, 0.05) is 31.5 Å². The monoisotopic (exact) mass is 476 g/mol. The summed E-state index contributed by atoms with van der Waals surface area (Å²) in [5, 5.41) is 16.1. The number of amides is 2. The molecule has 0 unspecified atom stereocenters. The molecule has 4 rings (SSSR count). The number of anilines is 5. The fourth-order valence-corrected chi connectivity index (χ4v) is 3.31. The average molecular weight is 476 g/mol. The van der Waals surface area contributed by atoms with Crippen molar-refractivity contribution in [3.63, 3.8) is 0 Å². The third-order valence-electron chi connectivity index (χ3n) is 5.06. The molecule has 0 bridgehead atoms. The standard InChI is InChI=1S/C22H20F4N6O2/c1-31(2)18-10-15-19(27)32(11-28-20(15)34-18)14-6-4-13(5-7-14)29-21(33)30-17-9-12(22(24,25)26)3-8-16(17)23/h3-10,27-28H,11H2,1-2H3,(H2,29,30,33). The number of urea groups is 1. The van der Waals surface area contributed by atoms with E-state index in [2.05, 4.69) is 16.0 Å². The number of fused-ring (bicyclic) bond motifs is 1. The molecule has 34 heavy (non-hydrogen) atoms. The molecule has 1 aromatic heterocycles. The van der Waals surface area contributed by atoms with Crippen molar-refractivity contribution in [2.24, 2.45) is 0 Å². The lowest BCUT2D eigenvalue weighted by Gasteiger charge is -2.29. The van der Waals surface area contributed by atoms with Crippen LogP contribution in [-0.2, 0) is 6.18 Å². The molecule has 12 heteroatoms. The van der Waals surface area contributed by atoms with Gasteiger partial charge in [-0.05, 0) is 42.5 Å². The Labute approximate surface area is 191 Å². The summed E-state index contributed by atoms with van der Waals surface area (Å²) in [6.07, 6.45) is -4.67. The molecule has 1 aliphatic rings. The summed E-state index contributed by atoms with van der Waals surface area (Å²) in [6.45, 7) is 0.286. The molecule has 0 atom stereocenters. The van der Waals surface area contributed by atoms with Gasteiger partial charge in [0.2, 0.25) is 5.88 Å². The summed E-state index contributed by atoms with van der Waals surface area (Å²) >= 11 is 0. The highest BCUT2D eigenvalue weighted by atomic mass is 19.4. The smallest absolute Gasteiger partial charge is 0.416 e. The third kappa shape index (κ3) is 4.60. The highest BCUT2D eigenvalue weighted by molar-refractivity contribution is 6.13. The lowest BCUT2D eigenvalue weighted by molar-refractivity contribution is -0.137. The highest BCUT2D eigenvalue weighted by Crippen LogP contribution is 2.33. The molecule has 0 fully saturated rings. The van der Waals surface area contributed by atoms with Crippen LogP contribution in [0.2, 0.25) is 0 Å². The van der Waals surface area contributed by atoms with E-state index in [9.17, 15) is 22.4 Å². The number of nitrogens with zero attached hydrogens (tertiary/aromatic N) is 2. The maximum atomic E-state index is 13.9. The minimum atomic E-state index is -4.67. The number of benzene rings is 2. The summed E-state index contributed by atoms with van der Waals surface area (Å²) in [5.41, 5.74) is -0.0938. The normalized spacial score (nSPS) is 13.2. The van der Waals surface area contributed by atoms with Crippen molar-refractivity contribution in [2.45, 2.75) is 6.18 Å². The molecular weight excluding hydrogens is 456 g/mol. The molecular formula is C22H20F4N6O2. The first kappa shape index (κ1) is 23.0. The van der Waals surface area contributed by atoms with E-state index in [-0.39, 0.29) is 12.5 Å². The van der Waals surface area contributed by atoms with Crippen LogP contribution < -0.4 is 25.8 Å². The van der Waals surface area contributed by atoms with Crippen molar-refractivity contribution in [2.75, 3.05) is 46.5 Å². The lowest BCUT2D eigenvalue weighted by Crippen LogP contribution is -2.39. The third-order valence-corrected chi connectivity index (χ3v) is 5.06. The van der Waals surface area contributed by atoms with Crippen LogP contribution in [0.5, 0.6) is 0 Å². The Morgan fingerprint density at radius 1 is 1.12 bits per heavy atom. The number of hydrogen-bond acceptors (Lipinski definition) is 5. The van der Waals surface area contributed by atoms with Crippen molar-refractivity contribution in [1.29, 1.82) is 5.41 Å². The Morgan fingerprint density at radius 2 is 1.82 bits per heavy atom. The van der Waals surface area contributed by atoms with Gasteiger partial charge in [-0.2, -0.15) is 13.2 Å².